The van der Waals surface area contributed by atoms with Gasteiger partial charge in [-0.15, -0.1) is 5.11 Å². The number of nitrogens with zero attached hydrogens (tertiary/aromatic N) is 2. The van der Waals surface area contributed by atoms with Crippen LogP contribution in [-0.4, -0.2) is 18.4 Å². The number of rotatable bonds is 6. The number of amidine groups is 1. The predicted octanol–water partition coefficient (Wildman–Crippen LogP) is 5.48. The highest BCUT2D eigenvalue weighted by Crippen LogP contribution is 2.41. The molecule has 0 fully saturated rings. The molecule has 0 radical (unpaired) electrons. The van der Waals surface area contributed by atoms with Crippen LogP contribution in [0.5, 0.6) is 0 Å². The third kappa shape index (κ3) is 3.80. The molecule has 0 bridgehead atoms. The molecule has 0 amide bonds. The first-order chi connectivity index (χ1) is 12.7. The highest BCUT2D eigenvalue weighted by molar-refractivity contribution is 5.91. The Bertz CT molecular complexity index is 836. The van der Waals surface area contributed by atoms with E-state index in [0.29, 0.717) is 0 Å². The normalized spacial score (nSPS) is 17.7. The van der Waals surface area contributed by atoms with Crippen molar-refractivity contribution in [3.8, 4) is 0 Å². The fourth-order valence-corrected chi connectivity index (χ4v) is 3.60. The van der Waals surface area contributed by atoms with Crippen molar-refractivity contribution in [1.82, 2.24) is 0 Å². The molecule has 3 rings (SSSR count). The second-order valence-corrected chi connectivity index (χ2v) is 6.34. The minimum atomic E-state index is -0.0154. The monoisotopic (exact) mass is 344 g/mol. The van der Waals surface area contributed by atoms with Gasteiger partial charge in [0.1, 0.15) is 0 Å². The quantitative estimate of drug-likeness (QED) is 0.407. The van der Waals surface area contributed by atoms with Gasteiger partial charge in [0, 0.05) is 17.8 Å². The van der Waals surface area contributed by atoms with Gasteiger partial charge in [0.2, 0.25) is 0 Å². The summed E-state index contributed by atoms with van der Waals surface area (Å²) in [4.78, 5) is 2.46. The maximum Gasteiger partial charge on any atom is 0.166 e. The van der Waals surface area contributed by atoms with Crippen LogP contribution < -0.4 is 4.90 Å². The molecule has 0 aliphatic carbocycles. The van der Waals surface area contributed by atoms with Crippen LogP contribution in [0.1, 0.15) is 24.5 Å². The largest absolute Gasteiger partial charge is 0.363 e. The minimum Gasteiger partial charge on any atom is -0.363 e. The molecule has 2 N–H and O–H groups in total. The number of anilines is 1. The number of hydrogen-bond acceptors (Lipinski definition) is 3. The van der Waals surface area contributed by atoms with E-state index in [2.05, 4.69) is 71.5 Å². The van der Waals surface area contributed by atoms with Crippen LogP contribution in [0.15, 0.2) is 77.9 Å². The molecule has 1 aliphatic rings. The SMILES string of the molecule is C/C=C1/c2ccccc2N(CCc2ccccc2)C1C/C=C/C(=N)N=N. The Kier molecular flexibility index (Phi) is 5.74. The zero-order valence-electron chi connectivity index (χ0n) is 15.0. The van der Waals surface area contributed by atoms with Crippen LogP contribution in [-0.2, 0) is 6.42 Å². The molecule has 26 heavy (non-hydrogen) atoms. The second kappa shape index (κ2) is 8.39. The summed E-state index contributed by atoms with van der Waals surface area (Å²) in [5.74, 6) is -0.0154. The summed E-state index contributed by atoms with van der Waals surface area (Å²) < 4.78 is 0. The maximum absolute atomic E-state index is 7.51. The summed E-state index contributed by atoms with van der Waals surface area (Å²) in [6.07, 6.45) is 7.54. The maximum atomic E-state index is 7.51. The molecular weight excluding hydrogens is 320 g/mol. The van der Waals surface area contributed by atoms with Crippen LogP contribution in [0.2, 0.25) is 0 Å². The fraction of sp³-hybridized carbons (Fsp3) is 0.227. The lowest BCUT2D eigenvalue weighted by atomic mass is 9.99. The molecule has 2 aromatic carbocycles. The van der Waals surface area contributed by atoms with Crippen LogP contribution in [0.3, 0.4) is 0 Å². The van der Waals surface area contributed by atoms with Crippen LogP contribution in [0, 0.1) is 10.9 Å². The summed E-state index contributed by atoms with van der Waals surface area (Å²) in [6.45, 7) is 3.03. The standard InChI is InChI=1S/C22H24N4/c1-2-18-19-11-6-7-12-21(19)26(16-15-17-9-4-3-5-10-17)20(18)13-8-14-22(23)25-24/h2-12,14,20,23-24H,13,15-16H2,1H3/b14-8+,18-2-,23-22?,25-24?. The Labute approximate surface area is 154 Å². The summed E-state index contributed by atoms with van der Waals surface area (Å²) in [5, 5.41) is 10.7. The molecule has 4 nitrogen and oxygen atoms in total. The minimum absolute atomic E-state index is 0.0154. The van der Waals surface area contributed by atoms with Gasteiger partial charge < -0.3 is 4.90 Å². The highest BCUT2D eigenvalue weighted by atomic mass is 15.2. The van der Waals surface area contributed by atoms with Crippen molar-refractivity contribution in [2.75, 3.05) is 11.4 Å². The Balaban J connectivity index is 1.85. The van der Waals surface area contributed by atoms with E-state index in [9.17, 15) is 0 Å². The first-order valence-corrected chi connectivity index (χ1v) is 8.93. The number of nitrogens with one attached hydrogen (secondary N) is 2. The van der Waals surface area contributed by atoms with E-state index in [1.807, 2.05) is 12.1 Å². The van der Waals surface area contributed by atoms with Gasteiger partial charge in [-0.05, 0) is 43.0 Å². The first-order valence-electron chi connectivity index (χ1n) is 8.93. The zero-order chi connectivity index (χ0) is 18.4. The molecule has 2 aromatic rings. The van der Waals surface area contributed by atoms with E-state index in [1.54, 1.807) is 6.08 Å². The van der Waals surface area contributed by atoms with Gasteiger partial charge >= 0.3 is 0 Å². The topological polar surface area (TPSA) is 63.3 Å². The number of benzene rings is 2. The smallest absolute Gasteiger partial charge is 0.166 e. The predicted molar refractivity (Wildman–Crippen MR) is 108 cm³/mol. The van der Waals surface area contributed by atoms with Crippen molar-refractivity contribution in [2.24, 2.45) is 5.11 Å². The van der Waals surface area contributed by atoms with Crippen LogP contribution in [0.25, 0.3) is 5.57 Å². The van der Waals surface area contributed by atoms with E-state index in [0.717, 1.165) is 19.4 Å². The first kappa shape index (κ1) is 17.8. The van der Waals surface area contributed by atoms with Gasteiger partial charge in [-0.25, -0.2) is 5.53 Å². The van der Waals surface area contributed by atoms with Crippen molar-refractivity contribution >= 4 is 17.1 Å². The molecule has 0 spiro atoms. The van der Waals surface area contributed by atoms with Gasteiger partial charge in [-0.3, -0.25) is 5.41 Å². The van der Waals surface area contributed by atoms with E-state index >= 15 is 0 Å². The van der Waals surface area contributed by atoms with E-state index in [1.165, 1.54) is 22.4 Å². The molecular formula is C22H24N4. The lowest BCUT2D eigenvalue weighted by Gasteiger charge is -2.27. The van der Waals surface area contributed by atoms with E-state index < -0.39 is 0 Å². The molecule has 0 aromatic heterocycles. The molecule has 4 heteroatoms. The molecule has 0 saturated carbocycles. The van der Waals surface area contributed by atoms with Gasteiger partial charge in [-0.1, -0.05) is 60.7 Å². The van der Waals surface area contributed by atoms with Gasteiger partial charge in [0.25, 0.3) is 0 Å². The Morgan fingerprint density at radius 1 is 1.12 bits per heavy atom. The summed E-state index contributed by atoms with van der Waals surface area (Å²) in [7, 11) is 0. The van der Waals surface area contributed by atoms with Crippen LogP contribution >= 0.6 is 0 Å². The second-order valence-electron chi connectivity index (χ2n) is 6.34. The lowest BCUT2D eigenvalue weighted by molar-refractivity contribution is 0.717. The molecule has 1 unspecified atom stereocenters. The van der Waals surface area contributed by atoms with E-state index in [-0.39, 0.29) is 11.9 Å². The van der Waals surface area contributed by atoms with Gasteiger partial charge in [-0.2, -0.15) is 0 Å². The van der Waals surface area contributed by atoms with E-state index in [4.69, 9.17) is 10.9 Å². The lowest BCUT2D eigenvalue weighted by Crippen LogP contribution is -2.33. The van der Waals surface area contributed by atoms with Crippen molar-refractivity contribution in [1.29, 1.82) is 10.9 Å². The van der Waals surface area contributed by atoms with Gasteiger partial charge in [0.05, 0.1) is 6.04 Å². The fourth-order valence-electron chi connectivity index (χ4n) is 3.60. The van der Waals surface area contributed by atoms with Crippen molar-refractivity contribution in [3.05, 3.63) is 84.0 Å². The number of fused-ring (bicyclic) bond motifs is 1. The third-order valence-corrected chi connectivity index (χ3v) is 4.81. The molecule has 132 valence electrons. The molecule has 1 atom stereocenters. The average molecular weight is 344 g/mol. The Morgan fingerprint density at radius 2 is 1.85 bits per heavy atom. The average Bonchev–Trinajstić information content (AvgIpc) is 2.99. The Morgan fingerprint density at radius 3 is 2.58 bits per heavy atom. The molecule has 0 saturated heterocycles. The Hall–Kier alpha value is -3.01. The zero-order valence-corrected chi connectivity index (χ0v) is 15.0. The molecule has 1 aliphatic heterocycles. The van der Waals surface area contributed by atoms with Crippen LogP contribution in [0.4, 0.5) is 5.69 Å². The summed E-state index contributed by atoms with van der Waals surface area (Å²) in [6, 6.07) is 19.4. The summed E-state index contributed by atoms with van der Waals surface area (Å²) >= 11 is 0. The van der Waals surface area contributed by atoms with Crippen molar-refractivity contribution < 1.29 is 0 Å². The van der Waals surface area contributed by atoms with Crippen molar-refractivity contribution in [2.45, 2.75) is 25.8 Å². The molecule has 1 heterocycles. The summed E-state index contributed by atoms with van der Waals surface area (Å²) in [5.41, 5.74) is 12.1. The number of hydrogen-bond donors (Lipinski definition) is 2. The van der Waals surface area contributed by atoms with Gasteiger partial charge in [0.15, 0.2) is 5.84 Å². The van der Waals surface area contributed by atoms with Crippen molar-refractivity contribution in [3.63, 3.8) is 0 Å². The highest BCUT2D eigenvalue weighted by Gasteiger charge is 2.31. The third-order valence-electron chi connectivity index (χ3n) is 4.81. The number of allylic oxidation sites excluding steroid dienone is 1. The number of para-hydroxylation sites is 1.